The molecule has 2 aliphatic rings. The molecular weight excluding hydrogens is 516 g/mol. The summed E-state index contributed by atoms with van der Waals surface area (Å²) in [5, 5.41) is 11.5. The number of carbonyl (C=O) groups excluding carboxylic acids is 2. The van der Waals surface area contributed by atoms with E-state index in [1.807, 2.05) is 6.92 Å². The first-order chi connectivity index (χ1) is 19.4. The number of nitrogens with zero attached hydrogens (tertiary/aromatic N) is 2. The van der Waals surface area contributed by atoms with Crippen LogP contribution in [0, 0.1) is 0 Å². The highest BCUT2D eigenvalue weighted by Crippen LogP contribution is 2.45. The van der Waals surface area contributed by atoms with Crippen LogP contribution >= 0.6 is 0 Å². The van der Waals surface area contributed by atoms with Crippen molar-refractivity contribution in [2.75, 3.05) is 67.3 Å². The number of aliphatic hydroxyl groups excluding tert-OH is 1. The fourth-order valence-electron chi connectivity index (χ4n) is 5.11. The molecule has 0 spiro atoms. The topological polar surface area (TPSA) is 107 Å². The molecule has 0 bridgehead atoms. The van der Waals surface area contributed by atoms with Gasteiger partial charge in [-0.3, -0.25) is 14.5 Å². The highest BCUT2D eigenvalue weighted by atomic mass is 16.5. The second-order valence-electron chi connectivity index (χ2n) is 9.64. The van der Waals surface area contributed by atoms with E-state index >= 15 is 0 Å². The van der Waals surface area contributed by atoms with E-state index in [0.717, 1.165) is 26.1 Å². The molecule has 0 aliphatic carbocycles. The number of rotatable bonds is 12. The van der Waals surface area contributed by atoms with Crippen LogP contribution in [0.4, 0.5) is 0 Å². The summed E-state index contributed by atoms with van der Waals surface area (Å²) in [7, 11) is 4.51. The monoisotopic (exact) mass is 554 g/mol. The average molecular weight is 555 g/mol. The number of likely N-dealkylation sites (tertiary alicyclic amines) is 1. The molecule has 2 heterocycles. The fourth-order valence-corrected chi connectivity index (χ4v) is 5.11. The minimum absolute atomic E-state index is 0.00159. The van der Waals surface area contributed by atoms with E-state index in [1.165, 1.54) is 26.2 Å². The number of ether oxygens (including phenoxy) is 5. The van der Waals surface area contributed by atoms with Gasteiger partial charge in [0.1, 0.15) is 11.5 Å². The number of carbonyl (C=O) groups is 2. The molecule has 1 unspecified atom stereocenters. The van der Waals surface area contributed by atoms with Gasteiger partial charge in [-0.15, -0.1) is 0 Å². The first-order valence-electron chi connectivity index (χ1n) is 13.5. The van der Waals surface area contributed by atoms with Crippen LogP contribution in [0.1, 0.15) is 36.9 Å². The van der Waals surface area contributed by atoms with Crippen LogP contribution < -0.4 is 18.9 Å². The van der Waals surface area contributed by atoms with Crippen LogP contribution in [0.3, 0.4) is 0 Å². The van der Waals surface area contributed by atoms with Crippen LogP contribution in [-0.2, 0) is 14.3 Å². The normalized spacial score (nSPS) is 19.1. The van der Waals surface area contributed by atoms with Crippen LogP contribution in [0.2, 0.25) is 0 Å². The second-order valence-corrected chi connectivity index (χ2v) is 9.64. The molecule has 40 heavy (non-hydrogen) atoms. The van der Waals surface area contributed by atoms with Crippen molar-refractivity contribution < 1.29 is 38.4 Å². The van der Waals surface area contributed by atoms with Gasteiger partial charge >= 0.3 is 0 Å². The summed E-state index contributed by atoms with van der Waals surface area (Å²) in [6.45, 7) is 6.60. The van der Waals surface area contributed by atoms with Gasteiger partial charge in [-0.2, -0.15) is 0 Å². The van der Waals surface area contributed by atoms with Gasteiger partial charge in [0.05, 0.1) is 52.8 Å². The highest BCUT2D eigenvalue weighted by Gasteiger charge is 2.46. The minimum Gasteiger partial charge on any atom is -0.507 e. The standard InChI is InChI=1S/C30H38N2O8/c1-5-14-40-22-9-6-8-20(17-22)27(33)25-26(21-18-23(36-2)29(38-4)24(19-21)37-3)32(30(35)28(25)34)11-7-10-31-12-15-39-16-13-31/h6,8-9,17-19,26,33H,5,7,10-16H2,1-4H3. The Kier molecular flexibility index (Phi) is 9.89. The summed E-state index contributed by atoms with van der Waals surface area (Å²) in [5.41, 5.74) is 0.940. The lowest BCUT2D eigenvalue weighted by Gasteiger charge is -2.29. The molecule has 10 heteroatoms. The SMILES string of the molecule is CCCOc1cccc(C(O)=C2C(=O)C(=O)N(CCCN3CCOCC3)C2c2cc(OC)c(OC)c(OC)c2)c1. The number of hydrogen-bond donors (Lipinski definition) is 1. The second kappa shape index (κ2) is 13.5. The van der Waals surface area contributed by atoms with Crippen LogP contribution in [0.25, 0.3) is 5.76 Å². The Hall–Kier alpha value is -3.76. The van der Waals surface area contributed by atoms with Crippen molar-refractivity contribution in [3.05, 3.63) is 53.1 Å². The van der Waals surface area contributed by atoms with Crippen molar-refractivity contribution >= 4 is 17.4 Å². The largest absolute Gasteiger partial charge is 0.507 e. The van der Waals surface area contributed by atoms with Crippen molar-refractivity contribution in [3.63, 3.8) is 0 Å². The summed E-state index contributed by atoms with van der Waals surface area (Å²) in [4.78, 5) is 30.8. The first kappa shape index (κ1) is 29.2. The molecule has 1 N–H and O–H groups in total. The molecule has 2 aromatic rings. The Morgan fingerprint density at radius 1 is 1.00 bits per heavy atom. The lowest BCUT2D eigenvalue weighted by molar-refractivity contribution is -0.140. The van der Waals surface area contributed by atoms with Crippen molar-refractivity contribution in [2.45, 2.75) is 25.8 Å². The first-order valence-corrected chi connectivity index (χ1v) is 13.5. The minimum atomic E-state index is -0.862. The summed E-state index contributed by atoms with van der Waals surface area (Å²) < 4.78 is 27.7. The molecule has 2 aromatic carbocycles. The number of ketones is 1. The number of aliphatic hydroxyl groups is 1. The van der Waals surface area contributed by atoms with E-state index in [0.29, 0.717) is 66.9 Å². The molecule has 10 nitrogen and oxygen atoms in total. The Labute approximate surface area is 235 Å². The van der Waals surface area contributed by atoms with Gasteiger partial charge in [-0.05, 0) is 42.7 Å². The number of benzene rings is 2. The lowest BCUT2D eigenvalue weighted by Crippen LogP contribution is -2.39. The third-order valence-electron chi connectivity index (χ3n) is 7.10. The molecular formula is C30H38N2O8. The van der Waals surface area contributed by atoms with E-state index in [2.05, 4.69) is 4.90 Å². The number of hydrogen-bond acceptors (Lipinski definition) is 9. The Balaban J connectivity index is 1.77. The van der Waals surface area contributed by atoms with Gasteiger partial charge in [-0.25, -0.2) is 0 Å². The zero-order chi connectivity index (χ0) is 28.6. The van der Waals surface area contributed by atoms with Crippen LogP contribution in [0.5, 0.6) is 23.0 Å². The van der Waals surface area contributed by atoms with Crippen molar-refractivity contribution in [2.24, 2.45) is 0 Å². The number of morpholine rings is 1. The maximum absolute atomic E-state index is 13.5. The smallest absolute Gasteiger partial charge is 0.295 e. The van der Waals surface area contributed by atoms with Crippen LogP contribution in [0.15, 0.2) is 42.0 Å². The lowest BCUT2D eigenvalue weighted by atomic mass is 9.94. The van der Waals surface area contributed by atoms with E-state index in [4.69, 9.17) is 23.7 Å². The zero-order valence-corrected chi connectivity index (χ0v) is 23.6. The van der Waals surface area contributed by atoms with E-state index in [-0.39, 0.29) is 11.3 Å². The Morgan fingerprint density at radius 2 is 1.70 bits per heavy atom. The molecule has 0 saturated carbocycles. The van der Waals surface area contributed by atoms with E-state index in [9.17, 15) is 14.7 Å². The Morgan fingerprint density at radius 3 is 2.33 bits per heavy atom. The van der Waals surface area contributed by atoms with E-state index < -0.39 is 17.7 Å². The molecule has 1 atom stereocenters. The third kappa shape index (κ3) is 6.18. The van der Waals surface area contributed by atoms with Gasteiger partial charge < -0.3 is 33.7 Å². The molecule has 4 rings (SSSR count). The third-order valence-corrected chi connectivity index (χ3v) is 7.10. The number of methoxy groups -OCH3 is 3. The number of Topliss-reactive ketones (excluding diaryl/α,β-unsaturated/α-hetero) is 1. The van der Waals surface area contributed by atoms with Gasteiger partial charge in [0.25, 0.3) is 11.7 Å². The predicted molar refractivity (Wildman–Crippen MR) is 149 cm³/mol. The predicted octanol–water partition coefficient (Wildman–Crippen LogP) is 3.65. The van der Waals surface area contributed by atoms with Gasteiger partial charge in [0, 0.05) is 31.7 Å². The molecule has 2 saturated heterocycles. The quantitative estimate of drug-likeness (QED) is 0.239. The van der Waals surface area contributed by atoms with Crippen LogP contribution in [-0.4, -0.2) is 93.9 Å². The van der Waals surface area contributed by atoms with Gasteiger partial charge in [0.15, 0.2) is 11.5 Å². The summed E-state index contributed by atoms with van der Waals surface area (Å²) in [5.74, 6) is 0.0307. The summed E-state index contributed by atoms with van der Waals surface area (Å²) >= 11 is 0. The molecule has 0 aromatic heterocycles. The highest BCUT2D eigenvalue weighted by molar-refractivity contribution is 6.46. The zero-order valence-electron chi connectivity index (χ0n) is 23.6. The average Bonchev–Trinajstić information content (AvgIpc) is 3.24. The maximum atomic E-state index is 13.5. The van der Waals surface area contributed by atoms with Crippen molar-refractivity contribution in [1.29, 1.82) is 0 Å². The molecule has 2 aliphatic heterocycles. The molecule has 216 valence electrons. The van der Waals surface area contributed by atoms with Gasteiger partial charge in [-0.1, -0.05) is 19.1 Å². The Bertz CT molecular complexity index is 1210. The summed E-state index contributed by atoms with van der Waals surface area (Å²) in [6, 6.07) is 9.44. The van der Waals surface area contributed by atoms with Gasteiger partial charge in [0.2, 0.25) is 5.75 Å². The summed E-state index contributed by atoms with van der Waals surface area (Å²) in [6.07, 6.45) is 1.47. The molecule has 0 radical (unpaired) electrons. The van der Waals surface area contributed by atoms with E-state index in [1.54, 1.807) is 36.4 Å². The maximum Gasteiger partial charge on any atom is 0.295 e. The van der Waals surface area contributed by atoms with Crippen molar-refractivity contribution in [3.8, 4) is 23.0 Å². The van der Waals surface area contributed by atoms with Crippen molar-refractivity contribution in [1.82, 2.24) is 9.80 Å². The molecule has 2 fully saturated rings. The fraction of sp³-hybridized carbons (Fsp3) is 0.467. The number of amides is 1. The molecule has 1 amide bonds.